The van der Waals surface area contributed by atoms with E-state index in [-0.39, 0.29) is 11.2 Å². The summed E-state index contributed by atoms with van der Waals surface area (Å²) in [5, 5.41) is 8.11. The molecule has 1 aliphatic rings. The lowest BCUT2D eigenvalue weighted by molar-refractivity contribution is -0.132. The molecule has 132 valence electrons. The predicted molar refractivity (Wildman–Crippen MR) is 90.1 cm³/mol. The van der Waals surface area contributed by atoms with Crippen LogP contribution in [0.1, 0.15) is 54.4 Å². The molecule has 0 radical (unpaired) electrons. The molecule has 0 aliphatic heterocycles. The number of amides is 1. The molecule has 0 fully saturated rings. The molecular formula is C17H29NO5. The normalized spacial score (nSPS) is 16.0. The van der Waals surface area contributed by atoms with E-state index < -0.39 is 12.1 Å². The molecule has 23 heavy (non-hydrogen) atoms. The Balaban J connectivity index is 0. The van der Waals surface area contributed by atoms with Crippen molar-refractivity contribution >= 4 is 17.8 Å². The monoisotopic (exact) mass is 327 g/mol. The molecule has 6 heteroatoms. The first-order valence-corrected chi connectivity index (χ1v) is 7.43. The molecule has 0 bridgehead atoms. The number of rotatable bonds is 2. The number of hydrogen-bond acceptors (Lipinski definition) is 4. The Morgan fingerprint density at radius 1 is 1.39 bits per heavy atom. The SMILES string of the molecule is CC1=CC(=O)CC(C)(C)C1.CC=C(C)C(=O)O.CCOC(N)=O. The van der Waals surface area contributed by atoms with Gasteiger partial charge in [-0.15, -0.1) is 0 Å². The highest BCUT2D eigenvalue weighted by atomic mass is 16.5. The summed E-state index contributed by atoms with van der Waals surface area (Å²) in [6.45, 7) is 11.6. The van der Waals surface area contributed by atoms with Crippen LogP contribution in [0.5, 0.6) is 0 Å². The number of hydrogen-bond donors (Lipinski definition) is 2. The summed E-state index contributed by atoms with van der Waals surface area (Å²) in [6, 6.07) is 0. The number of ketones is 1. The molecule has 6 nitrogen and oxygen atoms in total. The van der Waals surface area contributed by atoms with Crippen LogP contribution in [0.4, 0.5) is 4.79 Å². The Labute approximate surface area is 138 Å². The summed E-state index contributed by atoms with van der Waals surface area (Å²) in [4.78, 5) is 30.5. The maximum Gasteiger partial charge on any atom is 0.404 e. The smallest absolute Gasteiger partial charge is 0.404 e. The number of carbonyl (C=O) groups is 3. The minimum absolute atomic E-state index is 0.204. The Bertz CT molecular complexity index is 475. The van der Waals surface area contributed by atoms with Gasteiger partial charge in [0.05, 0.1) is 6.61 Å². The molecule has 0 heterocycles. The zero-order valence-electron chi connectivity index (χ0n) is 14.9. The van der Waals surface area contributed by atoms with Crippen LogP contribution in [0.15, 0.2) is 23.3 Å². The number of carbonyl (C=O) groups excluding carboxylic acids is 2. The van der Waals surface area contributed by atoms with E-state index in [4.69, 9.17) is 5.11 Å². The molecule has 0 saturated carbocycles. The Morgan fingerprint density at radius 2 is 1.91 bits per heavy atom. The van der Waals surface area contributed by atoms with Crippen molar-refractivity contribution in [1.29, 1.82) is 0 Å². The van der Waals surface area contributed by atoms with Crippen LogP contribution in [0.25, 0.3) is 0 Å². The van der Waals surface area contributed by atoms with Crippen molar-refractivity contribution < 1.29 is 24.2 Å². The minimum atomic E-state index is -0.845. The fraction of sp³-hybridized carbons (Fsp3) is 0.588. The molecule has 1 aliphatic carbocycles. The van der Waals surface area contributed by atoms with E-state index in [1.807, 2.05) is 6.92 Å². The molecule has 0 spiro atoms. The van der Waals surface area contributed by atoms with Gasteiger partial charge in [0, 0.05) is 12.0 Å². The standard InChI is InChI=1S/C9H14O.C5H8O2.C3H7NO2/c1-7-4-8(10)6-9(2,3)5-7;1-3-4(2)5(6)7;1-2-6-3(4)5/h4H,5-6H2,1-3H3;3H,1-2H3,(H,6,7);2H2,1H3,(H2,4,5). The maximum atomic E-state index is 11.0. The van der Waals surface area contributed by atoms with Gasteiger partial charge in [-0.1, -0.05) is 25.5 Å². The first-order valence-electron chi connectivity index (χ1n) is 7.43. The number of ether oxygens (including phenoxy) is 1. The molecule has 0 aromatic carbocycles. The second kappa shape index (κ2) is 11.5. The van der Waals surface area contributed by atoms with Crippen molar-refractivity contribution in [2.75, 3.05) is 6.61 Å². The van der Waals surface area contributed by atoms with Gasteiger partial charge >= 0.3 is 12.1 Å². The lowest BCUT2D eigenvalue weighted by Gasteiger charge is -2.27. The van der Waals surface area contributed by atoms with E-state index in [0.717, 1.165) is 6.42 Å². The average Bonchev–Trinajstić information content (AvgIpc) is 2.35. The predicted octanol–water partition coefficient (Wildman–Crippen LogP) is 3.46. The van der Waals surface area contributed by atoms with Crippen molar-refractivity contribution in [1.82, 2.24) is 0 Å². The number of carboxylic acid groups (broad SMARTS) is 1. The highest BCUT2D eigenvalue weighted by molar-refractivity contribution is 5.91. The van der Waals surface area contributed by atoms with Gasteiger partial charge in [0.2, 0.25) is 0 Å². The molecule has 0 atom stereocenters. The lowest BCUT2D eigenvalue weighted by atomic mass is 9.77. The van der Waals surface area contributed by atoms with Gasteiger partial charge in [-0.2, -0.15) is 0 Å². The summed E-state index contributed by atoms with van der Waals surface area (Å²) < 4.78 is 4.18. The summed E-state index contributed by atoms with van der Waals surface area (Å²) >= 11 is 0. The number of nitrogens with two attached hydrogens (primary N) is 1. The van der Waals surface area contributed by atoms with Gasteiger partial charge in [0.15, 0.2) is 5.78 Å². The number of aliphatic carboxylic acids is 1. The highest BCUT2D eigenvalue weighted by Gasteiger charge is 2.25. The molecule has 0 aromatic rings. The third-order valence-electron chi connectivity index (χ3n) is 2.87. The summed E-state index contributed by atoms with van der Waals surface area (Å²) in [7, 11) is 0. The van der Waals surface area contributed by atoms with Crippen molar-refractivity contribution in [3.05, 3.63) is 23.3 Å². The third-order valence-corrected chi connectivity index (χ3v) is 2.87. The lowest BCUT2D eigenvalue weighted by Crippen LogP contribution is -2.20. The average molecular weight is 327 g/mol. The van der Waals surface area contributed by atoms with Crippen LogP contribution >= 0.6 is 0 Å². The molecule has 1 amide bonds. The van der Waals surface area contributed by atoms with E-state index in [1.165, 1.54) is 5.57 Å². The fourth-order valence-corrected chi connectivity index (χ4v) is 1.93. The molecule has 3 N–H and O–H groups in total. The van der Waals surface area contributed by atoms with E-state index in [1.54, 1.807) is 32.9 Å². The Morgan fingerprint density at radius 3 is 2.09 bits per heavy atom. The van der Waals surface area contributed by atoms with Crippen LogP contribution < -0.4 is 5.73 Å². The second-order valence-electron chi connectivity index (χ2n) is 6.00. The zero-order chi connectivity index (χ0) is 18.6. The fourth-order valence-electron chi connectivity index (χ4n) is 1.93. The van der Waals surface area contributed by atoms with Gasteiger partial charge < -0.3 is 15.6 Å². The van der Waals surface area contributed by atoms with Crippen molar-refractivity contribution in [2.45, 2.75) is 54.4 Å². The van der Waals surface area contributed by atoms with Gasteiger partial charge in [0.1, 0.15) is 0 Å². The Kier molecular flexibility index (Phi) is 11.5. The first kappa shape index (κ1) is 23.2. The van der Waals surface area contributed by atoms with Gasteiger partial charge in [-0.05, 0) is 45.6 Å². The van der Waals surface area contributed by atoms with Crippen LogP contribution in [0, 0.1) is 5.41 Å². The molecule has 0 unspecified atom stereocenters. The number of allylic oxidation sites excluding steroid dienone is 3. The van der Waals surface area contributed by atoms with Crippen LogP contribution in [-0.4, -0.2) is 29.6 Å². The number of carboxylic acids is 1. The summed E-state index contributed by atoms with van der Waals surface area (Å²) in [6.07, 6.45) is 4.40. The second-order valence-corrected chi connectivity index (χ2v) is 6.00. The van der Waals surface area contributed by atoms with Gasteiger partial charge in [0.25, 0.3) is 0 Å². The van der Waals surface area contributed by atoms with Crippen LogP contribution in [0.3, 0.4) is 0 Å². The molecule has 0 aromatic heterocycles. The first-order chi connectivity index (χ1) is 10.4. The third kappa shape index (κ3) is 14.6. The molecule has 0 saturated heterocycles. The van der Waals surface area contributed by atoms with Crippen molar-refractivity contribution in [2.24, 2.45) is 11.1 Å². The summed E-state index contributed by atoms with van der Waals surface area (Å²) in [5.41, 5.74) is 6.36. The van der Waals surface area contributed by atoms with E-state index in [2.05, 4.69) is 24.3 Å². The largest absolute Gasteiger partial charge is 0.478 e. The highest BCUT2D eigenvalue weighted by Crippen LogP contribution is 2.32. The zero-order valence-corrected chi connectivity index (χ0v) is 14.9. The molecular weight excluding hydrogens is 298 g/mol. The van der Waals surface area contributed by atoms with Crippen molar-refractivity contribution in [3.8, 4) is 0 Å². The number of primary amides is 1. The van der Waals surface area contributed by atoms with Crippen molar-refractivity contribution in [3.63, 3.8) is 0 Å². The molecule has 1 rings (SSSR count). The van der Waals surface area contributed by atoms with Gasteiger partial charge in [-0.3, -0.25) is 4.79 Å². The van der Waals surface area contributed by atoms with Crippen LogP contribution in [-0.2, 0) is 14.3 Å². The topological polar surface area (TPSA) is 107 Å². The van der Waals surface area contributed by atoms with Gasteiger partial charge in [-0.25, -0.2) is 9.59 Å². The van der Waals surface area contributed by atoms with E-state index in [9.17, 15) is 14.4 Å². The van der Waals surface area contributed by atoms with Crippen LogP contribution in [0.2, 0.25) is 0 Å². The Hall–Kier alpha value is -2.11. The van der Waals surface area contributed by atoms with E-state index in [0.29, 0.717) is 18.6 Å². The quantitative estimate of drug-likeness (QED) is 0.755. The maximum absolute atomic E-state index is 11.0. The minimum Gasteiger partial charge on any atom is -0.478 e. The van der Waals surface area contributed by atoms with E-state index >= 15 is 0 Å². The summed E-state index contributed by atoms with van der Waals surface area (Å²) in [5.74, 6) is -0.559.